The molecule has 17 nitrogen and oxygen atoms in total. The van der Waals surface area contributed by atoms with E-state index < -0.39 is 66.4 Å². The van der Waals surface area contributed by atoms with Gasteiger partial charge in [-0.2, -0.15) is 28.1 Å². The molecule has 0 bridgehead atoms. The van der Waals surface area contributed by atoms with Gasteiger partial charge in [0.25, 0.3) is 15.7 Å². The van der Waals surface area contributed by atoms with E-state index in [0.717, 1.165) is 42.5 Å². The number of urea groups is 1. The van der Waals surface area contributed by atoms with E-state index in [0.29, 0.717) is 6.07 Å². The van der Waals surface area contributed by atoms with Crippen LogP contribution < -0.4 is 19.5 Å². The molecule has 3 aromatic carbocycles. The fourth-order valence-electron chi connectivity index (χ4n) is 3.58. The number of nitro benzene ring substituents is 1. The van der Waals surface area contributed by atoms with Crippen molar-refractivity contribution >= 4 is 51.2 Å². The van der Waals surface area contributed by atoms with E-state index in [4.69, 9.17) is 31.3 Å². The van der Waals surface area contributed by atoms with Crippen molar-refractivity contribution in [2.75, 3.05) is 12.4 Å². The molecule has 22 heteroatoms. The number of aryl methyl sites for hydroxylation is 1. The number of anilines is 1. The molecule has 0 saturated carbocycles. The minimum Gasteiger partial charge on any atom is -0.478 e. The largest absolute Gasteiger partial charge is 0.478 e. The number of amides is 2. The predicted molar refractivity (Wildman–Crippen MR) is 160 cm³/mol. The molecule has 0 spiro atoms. The summed E-state index contributed by atoms with van der Waals surface area (Å²) in [7, 11) is -3.11. The zero-order valence-electron chi connectivity index (χ0n) is 24.6. The molecular formula is C27H20ClF3N6O11S. The standard InChI is InChI=1S/C14H7ClF3NO5.C13H13N5O6S/c15-10-5-7(14(16,17)18)1-4-12(10)24-8-2-3-11(19(22)23)9(6-8)13(20)21;1-7-14-11(17-13(15-7)24-2)16-12(21)18-25(22,23)9-6-4-3-5-8(9)10(19)20/h1-6H,(H,20,21);3-6H,1-2H3,(H,19,20)(H2,14,15,16,17,18,21). The van der Waals surface area contributed by atoms with Crippen LogP contribution in [0.4, 0.5) is 29.6 Å². The number of hydrogen-bond acceptors (Lipinski definition) is 12. The van der Waals surface area contributed by atoms with Crippen LogP contribution >= 0.6 is 11.6 Å². The van der Waals surface area contributed by atoms with Crippen LogP contribution in [0.2, 0.25) is 5.02 Å². The Labute approximate surface area is 277 Å². The van der Waals surface area contributed by atoms with Gasteiger partial charge in [-0.1, -0.05) is 23.7 Å². The summed E-state index contributed by atoms with van der Waals surface area (Å²) in [5.74, 6) is -3.27. The molecule has 0 unspecified atom stereocenters. The van der Waals surface area contributed by atoms with Gasteiger partial charge in [-0.15, -0.1) is 0 Å². The molecule has 0 aliphatic heterocycles. The molecule has 258 valence electrons. The molecule has 4 N–H and O–H groups in total. The molecule has 1 aromatic heterocycles. The highest BCUT2D eigenvalue weighted by atomic mass is 35.5. The van der Waals surface area contributed by atoms with Crippen molar-refractivity contribution in [1.29, 1.82) is 0 Å². The second-order valence-electron chi connectivity index (χ2n) is 9.04. The molecular weight excluding hydrogens is 709 g/mol. The lowest BCUT2D eigenvalue weighted by Crippen LogP contribution is -2.35. The number of nitro groups is 1. The van der Waals surface area contributed by atoms with E-state index in [1.165, 1.54) is 26.2 Å². The van der Waals surface area contributed by atoms with E-state index in [1.807, 2.05) is 0 Å². The number of carbonyl (C=O) groups excluding carboxylic acids is 1. The minimum atomic E-state index is -4.58. The quantitative estimate of drug-likeness (QED) is 0.128. The topological polar surface area (TPSA) is 250 Å². The summed E-state index contributed by atoms with van der Waals surface area (Å²) < 4.78 is 73.9. The number of carbonyl (C=O) groups is 3. The van der Waals surface area contributed by atoms with Crippen LogP contribution in [-0.2, 0) is 16.2 Å². The van der Waals surface area contributed by atoms with E-state index in [1.54, 1.807) is 4.72 Å². The Balaban J connectivity index is 0.000000266. The molecule has 4 rings (SSSR count). The first-order chi connectivity index (χ1) is 22.8. The van der Waals surface area contributed by atoms with Crippen LogP contribution in [0.3, 0.4) is 0 Å². The highest BCUT2D eigenvalue weighted by Gasteiger charge is 2.31. The maximum absolute atomic E-state index is 12.6. The highest BCUT2D eigenvalue weighted by molar-refractivity contribution is 7.90. The van der Waals surface area contributed by atoms with Gasteiger partial charge >= 0.3 is 30.2 Å². The number of carboxylic acid groups (broad SMARTS) is 2. The Morgan fingerprint density at radius 2 is 1.61 bits per heavy atom. The normalized spacial score (nSPS) is 11.0. The van der Waals surface area contributed by atoms with Crippen molar-refractivity contribution in [2.45, 2.75) is 18.0 Å². The van der Waals surface area contributed by atoms with Gasteiger partial charge in [-0.05, 0) is 43.3 Å². The molecule has 4 aromatic rings. The maximum atomic E-state index is 12.6. The van der Waals surface area contributed by atoms with Gasteiger partial charge < -0.3 is 19.7 Å². The molecule has 0 aliphatic carbocycles. The van der Waals surface area contributed by atoms with Gasteiger partial charge in [0.1, 0.15) is 27.8 Å². The number of benzene rings is 3. The number of hydrogen-bond donors (Lipinski definition) is 4. The number of nitrogens with one attached hydrogen (secondary N) is 2. The van der Waals surface area contributed by atoms with E-state index in [9.17, 15) is 46.1 Å². The number of ether oxygens (including phenoxy) is 2. The van der Waals surface area contributed by atoms with Gasteiger partial charge in [0.05, 0.1) is 28.2 Å². The number of rotatable bonds is 9. The fraction of sp³-hybridized carbons (Fsp3) is 0.111. The Kier molecular flexibility index (Phi) is 11.6. The van der Waals surface area contributed by atoms with Crippen molar-refractivity contribution in [3.8, 4) is 17.5 Å². The first-order valence-corrected chi connectivity index (χ1v) is 14.7. The van der Waals surface area contributed by atoms with E-state index >= 15 is 0 Å². The number of carboxylic acids is 2. The monoisotopic (exact) mass is 728 g/mol. The Hall–Kier alpha value is -6.09. The average molecular weight is 729 g/mol. The van der Waals surface area contributed by atoms with Crippen molar-refractivity contribution in [3.05, 3.63) is 98.3 Å². The third kappa shape index (κ3) is 9.95. The lowest BCUT2D eigenvalue weighted by Gasteiger charge is -2.11. The number of alkyl halides is 3. The van der Waals surface area contributed by atoms with E-state index in [-0.39, 0.29) is 34.3 Å². The Morgan fingerprint density at radius 3 is 2.18 bits per heavy atom. The fourth-order valence-corrected chi connectivity index (χ4v) is 4.91. The molecule has 0 saturated heterocycles. The zero-order chi connectivity index (χ0) is 36.7. The van der Waals surface area contributed by atoms with Gasteiger partial charge in [0.15, 0.2) is 0 Å². The number of sulfonamides is 1. The second kappa shape index (κ2) is 15.2. The van der Waals surface area contributed by atoms with E-state index in [2.05, 4.69) is 20.3 Å². The Bertz CT molecular complexity index is 2050. The molecule has 0 atom stereocenters. The Morgan fingerprint density at radius 1 is 0.959 bits per heavy atom. The van der Waals surface area contributed by atoms with Gasteiger partial charge in [-0.3, -0.25) is 15.4 Å². The van der Waals surface area contributed by atoms with Crippen molar-refractivity contribution in [1.82, 2.24) is 19.7 Å². The lowest BCUT2D eigenvalue weighted by molar-refractivity contribution is -0.385. The smallest absolute Gasteiger partial charge is 0.416 e. The summed E-state index contributed by atoms with van der Waals surface area (Å²) in [5.41, 5.74) is -2.72. The lowest BCUT2D eigenvalue weighted by atomic mass is 10.1. The number of halogens is 4. The predicted octanol–water partition coefficient (Wildman–Crippen LogP) is 5.15. The zero-order valence-corrected chi connectivity index (χ0v) is 26.1. The van der Waals surface area contributed by atoms with Gasteiger partial charge in [0, 0.05) is 12.1 Å². The van der Waals surface area contributed by atoms with Crippen molar-refractivity contribution in [3.63, 3.8) is 0 Å². The number of methoxy groups -OCH3 is 1. The minimum absolute atomic E-state index is 0.0677. The first kappa shape index (κ1) is 37.4. The number of nitrogens with zero attached hydrogens (tertiary/aromatic N) is 4. The SMILES string of the molecule is COc1nc(C)nc(NC(=O)NS(=O)(=O)c2ccccc2C(=O)O)n1.O=C(O)c1cc(Oc2ccc(C(F)(F)F)cc2Cl)ccc1[N+](=O)[O-]. The highest BCUT2D eigenvalue weighted by Crippen LogP contribution is 2.37. The molecule has 0 radical (unpaired) electrons. The third-order valence-corrected chi connectivity index (χ3v) is 7.34. The van der Waals surface area contributed by atoms with Gasteiger partial charge in [-0.25, -0.2) is 27.5 Å². The summed E-state index contributed by atoms with van der Waals surface area (Å²) >= 11 is 5.72. The number of aromatic carboxylic acids is 2. The summed E-state index contributed by atoms with van der Waals surface area (Å²) in [6.07, 6.45) is -4.58. The summed E-state index contributed by atoms with van der Waals surface area (Å²) in [4.78, 5) is 54.7. The van der Waals surface area contributed by atoms with Crippen LogP contribution in [0.5, 0.6) is 17.5 Å². The summed E-state index contributed by atoms with van der Waals surface area (Å²) in [6, 6.07) is 8.89. The number of aromatic nitrogens is 3. The van der Waals surface area contributed by atoms with Crippen LogP contribution in [0.1, 0.15) is 32.1 Å². The van der Waals surface area contributed by atoms with Crippen molar-refractivity contribution in [2.24, 2.45) is 0 Å². The molecule has 0 fully saturated rings. The van der Waals surface area contributed by atoms with Gasteiger partial charge in [0.2, 0.25) is 5.95 Å². The van der Waals surface area contributed by atoms with Crippen LogP contribution in [-0.4, -0.2) is 63.6 Å². The molecule has 49 heavy (non-hydrogen) atoms. The second-order valence-corrected chi connectivity index (χ2v) is 11.1. The average Bonchev–Trinajstić information content (AvgIpc) is 3.01. The van der Waals surface area contributed by atoms with Crippen LogP contribution in [0.15, 0.2) is 65.6 Å². The molecule has 2 amide bonds. The third-order valence-electron chi connectivity index (χ3n) is 5.65. The van der Waals surface area contributed by atoms with Crippen molar-refractivity contribution < 1.29 is 60.6 Å². The first-order valence-electron chi connectivity index (χ1n) is 12.8. The molecule has 0 aliphatic rings. The van der Waals surface area contributed by atoms with Crippen LogP contribution in [0.25, 0.3) is 0 Å². The summed E-state index contributed by atoms with van der Waals surface area (Å²) in [5, 5.41) is 30.5. The van der Waals surface area contributed by atoms with Crippen LogP contribution in [0, 0.1) is 17.0 Å². The maximum Gasteiger partial charge on any atom is 0.416 e. The summed E-state index contributed by atoms with van der Waals surface area (Å²) in [6.45, 7) is 1.52. The molecule has 1 heterocycles.